The van der Waals surface area contributed by atoms with Crippen LogP contribution >= 0.6 is 11.6 Å². The molecule has 0 radical (unpaired) electrons. The van der Waals surface area contributed by atoms with Crippen molar-refractivity contribution in [1.29, 1.82) is 0 Å². The summed E-state index contributed by atoms with van der Waals surface area (Å²) < 4.78 is 1.75. The zero-order valence-electron chi connectivity index (χ0n) is 10.6. The SMILES string of the molecule is CC(C)n1nnc2c(Cl)nc(-c3ccccc3)nc21. The van der Waals surface area contributed by atoms with E-state index in [9.17, 15) is 0 Å². The average molecular weight is 274 g/mol. The Morgan fingerprint density at radius 2 is 1.84 bits per heavy atom. The topological polar surface area (TPSA) is 56.5 Å². The van der Waals surface area contributed by atoms with Crippen molar-refractivity contribution in [2.24, 2.45) is 0 Å². The molecule has 6 heteroatoms. The molecule has 0 saturated carbocycles. The van der Waals surface area contributed by atoms with Crippen molar-refractivity contribution in [3.8, 4) is 11.4 Å². The Hall–Kier alpha value is -2.01. The maximum absolute atomic E-state index is 6.16. The molecular weight excluding hydrogens is 262 g/mol. The molecule has 2 aromatic heterocycles. The molecule has 0 atom stereocenters. The van der Waals surface area contributed by atoms with Crippen LogP contribution < -0.4 is 0 Å². The fourth-order valence-electron chi connectivity index (χ4n) is 1.86. The molecule has 96 valence electrons. The molecule has 0 fully saturated rings. The number of hydrogen-bond acceptors (Lipinski definition) is 4. The van der Waals surface area contributed by atoms with Crippen LogP contribution in [0.5, 0.6) is 0 Å². The van der Waals surface area contributed by atoms with Gasteiger partial charge in [0.15, 0.2) is 22.1 Å². The molecule has 0 unspecified atom stereocenters. The monoisotopic (exact) mass is 273 g/mol. The van der Waals surface area contributed by atoms with Crippen LogP contribution in [-0.2, 0) is 0 Å². The van der Waals surface area contributed by atoms with Crippen LogP contribution in [-0.4, -0.2) is 25.0 Å². The lowest BCUT2D eigenvalue weighted by atomic mass is 10.2. The van der Waals surface area contributed by atoms with Gasteiger partial charge in [-0.1, -0.05) is 47.1 Å². The van der Waals surface area contributed by atoms with E-state index in [-0.39, 0.29) is 6.04 Å². The molecule has 0 aliphatic rings. The van der Waals surface area contributed by atoms with E-state index in [1.807, 2.05) is 44.2 Å². The minimum Gasteiger partial charge on any atom is -0.224 e. The van der Waals surface area contributed by atoms with Crippen molar-refractivity contribution >= 4 is 22.8 Å². The largest absolute Gasteiger partial charge is 0.224 e. The Labute approximate surface area is 115 Å². The van der Waals surface area contributed by atoms with Gasteiger partial charge in [-0.15, -0.1) is 5.10 Å². The molecule has 0 aliphatic heterocycles. The summed E-state index contributed by atoms with van der Waals surface area (Å²) in [6.07, 6.45) is 0. The summed E-state index contributed by atoms with van der Waals surface area (Å²) in [4.78, 5) is 8.81. The zero-order valence-corrected chi connectivity index (χ0v) is 11.3. The highest BCUT2D eigenvalue weighted by molar-refractivity contribution is 6.33. The first-order valence-electron chi connectivity index (χ1n) is 6.00. The van der Waals surface area contributed by atoms with Gasteiger partial charge < -0.3 is 0 Å². The van der Waals surface area contributed by atoms with Gasteiger partial charge in [0.05, 0.1) is 6.04 Å². The van der Waals surface area contributed by atoms with E-state index >= 15 is 0 Å². The van der Waals surface area contributed by atoms with Gasteiger partial charge in [0, 0.05) is 5.56 Å². The summed E-state index contributed by atoms with van der Waals surface area (Å²) in [6, 6.07) is 9.88. The average Bonchev–Trinajstić information content (AvgIpc) is 2.84. The van der Waals surface area contributed by atoms with Crippen molar-refractivity contribution in [2.45, 2.75) is 19.9 Å². The van der Waals surface area contributed by atoms with Crippen molar-refractivity contribution in [3.05, 3.63) is 35.5 Å². The van der Waals surface area contributed by atoms with E-state index in [0.29, 0.717) is 22.1 Å². The molecule has 0 saturated heterocycles. The number of benzene rings is 1. The summed E-state index contributed by atoms with van der Waals surface area (Å²) >= 11 is 6.16. The van der Waals surface area contributed by atoms with Crippen LogP contribution in [0.15, 0.2) is 30.3 Å². The summed E-state index contributed by atoms with van der Waals surface area (Å²) in [5.41, 5.74) is 2.12. The molecular formula is C13H12ClN5. The van der Waals surface area contributed by atoms with Gasteiger partial charge in [0.25, 0.3) is 0 Å². The van der Waals surface area contributed by atoms with E-state index in [4.69, 9.17) is 11.6 Å². The Morgan fingerprint density at radius 3 is 2.53 bits per heavy atom. The third-order valence-electron chi connectivity index (χ3n) is 2.80. The minimum absolute atomic E-state index is 0.166. The summed E-state index contributed by atoms with van der Waals surface area (Å²) in [5, 5.41) is 8.43. The van der Waals surface area contributed by atoms with Crippen molar-refractivity contribution in [2.75, 3.05) is 0 Å². The van der Waals surface area contributed by atoms with E-state index in [0.717, 1.165) is 5.56 Å². The van der Waals surface area contributed by atoms with Crippen LogP contribution in [0.2, 0.25) is 5.15 Å². The molecule has 0 aliphatic carbocycles. The highest BCUT2D eigenvalue weighted by Gasteiger charge is 2.15. The number of aromatic nitrogens is 5. The molecule has 3 rings (SSSR count). The van der Waals surface area contributed by atoms with Crippen LogP contribution in [0.1, 0.15) is 19.9 Å². The van der Waals surface area contributed by atoms with Crippen LogP contribution in [0.3, 0.4) is 0 Å². The molecule has 1 aromatic carbocycles. The fourth-order valence-corrected chi connectivity index (χ4v) is 2.06. The third-order valence-corrected chi connectivity index (χ3v) is 3.07. The first-order chi connectivity index (χ1) is 9.16. The molecule has 2 heterocycles. The molecule has 5 nitrogen and oxygen atoms in total. The number of rotatable bonds is 2. The van der Waals surface area contributed by atoms with Gasteiger partial charge in [0.2, 0.25) is 0 Å². The molecule has 19 heavy (non-hydrogen) atoms. The first-order valence-corrected chi connectivity index (χ1v) is 6.38. The maximum atomic E-state index is 6.16. The number of fused-ring (bicyclic) bond motifs is 1. The number of hydrogen-bond donors (Lipinski definition) is 0. The normalized spacial score (nSPS) is 11.4. The maximum Gasteiger partial charge on any atom is 0.184 e. The van der Waals surface area contributed by atoms with Gasteiger partial charge in [-0.2, -0.15) is 0 Å². The Morgan fingerprint density at radius 1 is 1.11 bits per heavy atom. The second-order valence-electron chi connectivity index (χ2n) is 4.50. The standard InChI is InChI=1S/C13H12ClN5/c1-8(2)19-13-10(17-18-19)11(14)15-12(16-13)9-6-4-3-5-7-9/h3-8H,1-2H3. The quantitative estimate of drug-likeness (QED) is 0.673. The second-order valence-corrected chi connectivity index (χ2v) is 4.86. The van der Waals surface area contributed by atoms with E-state index in [1.165, 1.54) is 0 Å². The molecule has 0 bridgehead atoms. The van der Waals surface area contributed by atoms with E-state index in [2.05, 4.69) is 20.3 Å². The lowest BCUT2D eigenvalue weighted by molar-refractivity contribution is 0.526. The van der Waals surface area contributed by atoms with Gasteiger partial charge >= 0.3 is 0 Å². The van der Waals surface area contributed by atoms with Crippen molar-refractivity contribution in [3.63, 3.8) is 0 Å². The summed E-state index contributed by atoms with van der Waals surface area (Å²) in [6.45, 7) is 4.04. The van der Waals surface area contributed by atoms with Crippen LogP contribution in [0, 0.1) is 0 Å². The predicted molar refractivity (Wildman–Crippen MR) is 73.9 cm³/mol. The van der Waals surface area contributed by atoms with Crippen molar-refractivity contribution in [1.82, 2.24) is 25.0 Å². The Bertz CT molecular complexity index is 720. The second kappa shape index (κ2) is 4.59. The Balaban J connectivity index is 2.26. The lowest BCUT2D eigenvalue weighted by Crippen LogP contribution is -2.04. The summed E-state index contributed by atoms with van der Waals surface area (Å²) in [5.74, 6) is 0.585. The van der Waals surface area contributed by atoms with Gasteiger partial charge in [-0.3, -0.25) is 0 Å². The van der Waals surface area contributed by atoms with Crippen LogP contribution in [0.4, 0.5) is 0 Å². The third kappa shape index (κ3) is 2.06. The number of nitrogens with zero attached hydrogens (tertiary/aromatic N) is 5. The Kier molecular flexibility index (Phi) is 2.91. The highest BCUT2D eigenvalue weighted by Crippen LogP contribution is 2.24. The lowest BCUT2D eigenvalue weighted by Gasteiger charge is -2.06. The fraction of sp³-hybridized carbons (Fsp3) is 0.231. The van der Waals surface area contributed by atoms with E-state index < -0.39 is 0 Å². The summed E-state index contributed by atoms with van der Waals surface area (Å²) in [7, 11) is 0. The van der Waals surface area contributed by atoms with Gasteiger partial charge in [0.1, 0.15) is 0 Å². The molecule has 0 N–H and O–H groups in total. The highest BCUT2D eigenvalue weighted by atomic mass is 35.5. The molecule has 0 amide bonds. The van der Waals surface area contributed by atoms with Gasteiger partial charge in [-0.05, 0) is 13.8 Å². The first kappa shape index (κ1) is 12.0. The minimum atomic E-state index is 0.166. The van der Waals surface area contributed by atoms with E-state index in [1.54, 1.807) is 4.68 Å². The van der Waals surface area contributed by atoms with Gasteiger partial charge in [-0.25, -0.2) is 14.6 Å². The predicted octanol–water partition coefficient (Wildman–Crippen LogP) is 3.12. The molecule has 0 spiro atoms. The number of halogens is 1. The zero-order chi connectivity index (χ0) is 13.4. The molecule has 3 aromatic rings. The smallest absolute Gasteiger partial charge is 0.184 e. The van der Waals surface area contributed by atoms with Crippen LogP contribution in [0.25, 0.3) is 22.6 Å². The van der Waals surface area contributed by atoms with Crippen molar-refractivity contribution < 1.29 is 0 Å².